The quantitative estimate of drug-likeness (QED) is 0.206. The number of hydrogen-bond donors (Lipinski definition) is 0. The Bertz CT molecular complexity index is 1960. The van der Waals surface area contributed by atoms with Gasteiger partial charge in [-0.3, -0.25) is 0 Å². The van der Waals surface area contributed by atoms with E-state index in [0.29, 0.717) is 6.04 Å². The second-order valence-electron chi connectivity index (χ2n) is 12.0. The van der Waals surface area contributed by atoms with E-state index in [0.717, 1.165) is 49.9 Å². The number of hydrogen-bond acceptors (Lipinski definition) is 1. The summed E-state index contributed by atoms with van der Waals surface area (Å²) in [7, 11) is 0. The summed E-state index contributed by atoms with van der Waals surface area (Å²) in [5.41, 5.74) is 13.2. The highest BCUT2D eigenvalue weighted by molar-refractivity contribution is 6.08. The first-order valence-corrected chi connectivity index (χ1v) is 15.6. The van der Waals surface area contributed by atoms with Gasteiger partial charge < -0.3 is 4.57 Å². The third-order valence-electron chi connectivity index (χ3n) is 9.47. The van der Waals surface area contributed by atoms with Gasteiger partial charge in [0.05, 0.1) is 11.0 Å². The lowest BCUT2D eigenvalue weighted by Crippen LogP contribution is -2.11. The van der Waals surface area contributed by atoms with Crippen molar-refractivity contribution in [1.82, 2.24) is 9.55 Å². The molecular formula is C40H36N2. The molecule has 206 valence electrons. The Morgan fingerprint density at radius 2 is 1.50 bits per heavy atom. The lowest BCUT2D eigenvalue weighted by atomic mass is 9.79. The van der Waals surface area contributed by atoms with Crippen LogP contribution in [0.5, 0.6) is 0 Å². The third kappa shape index (κ3) is 4.20. The molecule has 0 aliphatic heterocycles. The molecule has 5 aromatic rings. The average molecular weight is 545 g/mol. The zero-order chi connectivity index (χ0) is 28.0. The molecule has 4 aromatic carbocycles. The van der Waals surface area contributed by atoms with E-state index < -0.39 is 0 Å². The Morgan fingerprint density at radius 3 is 2.29 bits per heavy atom. The van der Waals surface area contributed by atoms with Crippen LogP contribution in [0.4, 0.5) is 0 Å². The molecular weight excluding hydrogens is 508 g/mol. The van der Waals surface area contributed by atoms with Crippen molar-refractivity contribution in [2.75, 3.05) is 0 Å². The van der Waals surface area contributed by atoms with Gasteiger partial charge in [-0.25, -0.2) is 4.98 Å². The average Bonchev–Trinajstić information content (AvgIpc) is 3.39. The smallest absolute Gasteiger partial charge is 0.106 e. The summed E-state index contributed by atoms with van der Waals surface area (Å²) in [6.07, 6.45) is 24.3. The third-order valence-corrected chi connectivity index (χ3v) is 9.47. The number of fused-ring (bicyclic) bond motifs is 3. The van der Waals surface area contributed by atoms with Gasteiger partial charge in [-0.1, -0.05) is 97.1 Å². The zero-order valence-electron chi connectivity index (χ0n) is 24.3. The van der Waals surface area contributed by atoms with E-state index in [9.17, 15) is 0 Å². The van der Waals surface area contributed by atoms with Crippen molar-refractivity contribution in [3.8, 4) is 22.3 Å². The normalized spacial score (nSPS) is 18.0. The van der Waals surface area contributed by atoms with Crippen molar-refractivity contribution in [2.45, 2.75) is 57.9 Å². The van der Waals surface area contributed by atoms with Crippen LogP contribution in [0.25, 0.3) is 55.7 Å². The number of allylic oxidation sites excluding steroid dienone is 7. The van der Waals surface area contributed by atoms with Crippen molar-refractivity contribution >= 4 is 33.5 Å². The van der Waals surface area contributed by atoms with E-state index in [-0.39, 0.29) is 0 Å². The number of rotatable bonds is 4. The molecule has 0 fully saturated rings. The van der Waals surface area contributed by atoms with Crippen LogP contribution in [-0.2, 0) is 6.42 Å². The minimum absolute atomic E-state index is 0.494. The maximum Gasteiger partial charge on any atom is 0.106 e. The van der Waals surface area contributed by atoms with Gasteiger partial charge in [0.2, 0.25) is 0 Å². The highest BCUT2D eigenvalue weighted by Gasteiger charge is 2.22. The Labute approximate surface area is 248 Å². The maximum atomic E-state index is 4.91. The lowest BCUT2D eigenvalue weighted by molar-refractivity contribution is 0.463. The number of imidazole rings is 1. The molecule has 0 N–H and O–H groups in total. The second-order valence-corrected chi connectivity index (χ2v) is 12.0. The molecule has 0 saturated heterocycles. The van der Waals surface area contributed by atoms with Crippen LogP contribution < -0.4 is 0 Å². The Hall–Kier alpha value is -4.43. The first-order chi connectivity index (χ1) is 20.8. The number of aryl methyl sites for hydroxylation is 1. The van der Waals surface area contributed by atoms with Gasteiger partial charge in [0.15, 0.2) is 0 Å². The summed E-state index contributed by atoms with van der Waals surface area (Å²) in [6, 6.07) is 25.6. The lowest BCUT2D eigenvalue weighted by Gasteiger charge is -2.24. The standard InChI is InChI=1S/C40H36N2/c1-27-41-37-25-24-31(26-38(37)42(27)32-14-6-3-7-15-32)28-20-22-30(23-21-28)40-35-18-10-8-16-33(35)39(29-12-4-2-5-13-29)34-17-9-11-19-36(34)40/h3-4,6,8-10,12-13,16-18,20-26,32H,2,5,7,11,14-15,19H2,1H3. The van der Waals surface area contributed by atoms with Gasteiger partial charge in [0.1, 0.15) is 5.82 Å². The van der Waals surface area contributed by atoms with Crippen LogP contribution in [0.1, 0.15) is 67.1 Å². The van der Waals surface area contributed by atoms with E-state index in [1.807, 2.05) is 0 Å². The SMILES string of the molecule is Cc1nc2ccc(-c3ccc(-c4c5c(c(C6=CCCC=C6)c6ccccc46)C=CCC5)cc3)cc2n1C1CC=CCC1. The maximum absolute atomic E-state index is 4.91. The fourth-order valence-electron chi connectivity index (χ4n) is 7.52. The molecule has 1 unspecified atom stereocenters. The first-order valence-electron chi connectivity index (χ1n) is 15.6. The molecule has 2 heteroatoms. The summed E-state index contributed by atoms with van der Waals surface area (Å²) < 4.78 is 2.47. The van der Waals surface area contributed by atoms with E-state index in [2.05, 4.69) is 121 Å². The van der Waals surface area contributed by atoms with Crippen LogP contribution in [0.15, 0.2) is 103 Å². The minimum atomic E-state index is 0.494. The molecule has 0 bridgehead atoms. The van der Waals surface area contributed by atoms with Gasteiger partial charge in [-0.15, -0.1) is 0 Å². The Balaban J connectivity index is 1.24. The van der Waals surface area contributed by atoms with Crippen LogP contribution >= 0.6 is 0 Å². The van der Waals surface area contributed by atoms with Crippen molar-refractivity contribution in [1.29, 1.82) is 0 Å². The summed E-state index contributed by atoms with van der Waals surface area (Å²) in [6.45, 7) is 2.15. The molecule has 0 saturated carbocycles. The molecule has 0 spiro atoms. The largest absolute Gasteiger partial charge is 0.325 e. The molecule has 2 nitrogen and oxygen atoms in total. The van der Waals surface area contributed by atoms with Crippen molar-refractivity contribution in [3.63, 3.8) is 0 Å². The zero-order valence-corrected chi connectivity index (χ0v) is 24.3. The number of aromatic nitrogens is 2. The molecule has 0 radical (unpaired) electrons. The molecule has 1 heterocycles. The van der Waals surface area contributed by atoms with E-state index in [1.165, 1.54) is 67.2 Å². The molecule has 1 aromatic heterocycles. The van der Waals surface area contributed by atoms with Gasteiger partial charge >= 0.3 is 0 Å². The Morgan fingerprint density at radius 1 is 0.714 bits per heavy atom. The predicted octanol–water partition coefficient (Wildman–Crippen LogP) is 10.8. The van der Waals surface area contributed by atoms with Crippen LogP contribution in [0.3, 0.4) is 0 Å². The second kappa shape index (κ2) is 10.4. The minimum Gasteiger partial charge on any atom is -0.325 e. The topological polar surface area (TPSA) is 17.8 Å². The van der Waals surface area contributed by atoms with Crippen LogP contribution in [-0.4, -0.2) is 9.55 Å². The molecule has 3 aliphatic rings. The molecule has 3 aliphatic carbocycles. The van der Waals surface area contributed by atoms with Gasteiger partial charge in [-0.05, 0) is 119 Å². The molecule has 8 rings (SSSR count). The number of nitrogens with zero attached hydrogens (tertiary/aromatic N) is 2. The van der Waals surface area contributed by atoms with E-state index in [1.54, 1.807) is 0 Å². The van der Waals surface area contributed by atoms with Crippen LogP contribution in [0.2, 0.25) is 0 Å². The van der Waals surface area contributed by atoms with Crippen LogP contribution in [0, 0.1) is 6.92 Å². The van der Waals surface area contributed by atoms with Gasteiger partial charge in [-0.2, -0.15) is 0 Å². The van der Waals surface area contributed by atoms with Gasteiger partial charge in [0, 0.05) is 6.04 Å². The van der Waals surface area contributed by atoms with Crippen molar-refractivity contribution in [3.05, 3.63) is 126 Å². The molecule has 1 atom stereocenters. The first kappa shape index (κ1) is 25.3. The van der Waals surface area contributed by atoms with Crippen molar-refractivity contribution < 1.29 is 0 Å². The molecule has 0 amide bonds. The monoisotopic (exact) mass is 544 g/mol. The number of benzene rings is 4. The van der Waals surface area contributed by atoms with E-state index >= 15 is 0 Å². The summed E-state index contributed by atoms with van der Waals surface area (Å²) in [5.74, 6) is 1.12. The van der Waals surface area contributed by atoms with Gasteiger partial charge in [0.25, 0.3) is 0 Å². The molecule has 42 heavy (non-hydrogen) atoms. The summed E-state index contributed by atoms with van der Waals surface area (Å²) >= 11 is 0. The fourth-order valence-corrected chi connectivity index (χ4v) is 7.52. The highest BCUT2D eigenvalue weighted by Crippen LogP contribution is 2.44. The van der Waals surface area contributed by atoms with Crippen molar-refractivity contribution in [2.24, 2.45) is 0 Å². The summed E-state index contributed by atoms with van der Waals surface area (Å²) in [4.78, 5) is 4.91. The fraction of sp³-hybridized carbons (Fsp3) is 0.225. The predicted molar refractivity (Wildman–Crippen MR) is 179 cm³/mol. The van der Waals surface area contributed by atoms with E-state index in [4.69, 9.17) is 4.98 Å². The Kier molecular flexibility index (Phi) is 6.29. The summed E-state index contributed by atoms with van der Waals surface area (Å²) in [5, 5.41) is 2.71. The highest BCUT2D eigenvalue weighted by atomic mass is 15.1.